The van der Waals surface area contributed by atoms with E-state index in [0.717, 1.165) is 19.0 Å². The minimum atomic E-state index is 0. The van der Waals surface area contributed by atoms with Crippen LogP contribution < -0.4 is 5.32 Å². The van der Waals surface area contributed by atoms with Crippen molar-refractivity contribution in [2.24, 2.45) is 11.3 Å². The molecule has 1 aliphatic heterocycles. The van der Waals surface area contributed by atoms with Crippen LogP contribution in [0.1, 0.15) is 39.5 Å². The summed E-state index contributed by atoms with van der Waals surface area (Å²) in [4.78, 5) is 0. The number of hydrogen-bond acceptors (Lipinski definition) is 2. The first-order chi connectivity index (χ1) is 6.14. The summed E-state index contributed by atoms with van der Waals surface area (Å²) in [6, 6.07) is 2.28. The molecule has 1 saturated heterocycles. The van der Waals surface area contributed by atoms with Crippen LogP contribution in [-0.2, 0) is 0 Å². The van der Waals surface area contributed by atoms with Gasteiger partial charge in [0.1, 0.15) is 0 Å². The smallest absolute Gasteiger partial charge is 0.0627 e. The maximum atomic E-state index is 8.67. The van der Waals surface area contributed by atoms with Gasteiger partial charge in [0.15, 0.2) is 0 Å². The molecule has 0 aromatic carbocycles. The Balaban J connectivity index is 0.00000169. The molecule has 0 aromatic heterocycles. The highest BCUT2D eigenvalue weighted by Crippen LogP contribution is 2.32. The maximum Gasteiger partial charge on any atom is 0.0627 e. The van der Waals surface area contributed by atoms with E-state index in [4.69, 9.17) is 5.26 Å². The number of nitrogens with one attached hydrogen (secondary N) is 1. The molecular formula is C11H21ClN2. The van der Waals surface area contributed by atoms with Gasteiger partial charge in [0, 0.05) is 6.42 Å². The molecule has 0 saturated carbocycles. The molecule has 0 spiro atoms. The fourth-order valence-corrected chi connectivity index (χ4v) is 2.15. The first-order valence-corrected chi connectivity index (χ1v) is 5.22. The Kier molecular flexibility index (Phi) is 6.15. The van der Waals surface area contributed by atoms with Gasteiger partial charge >= 0.3 is 0 Å². The van der Waals surface area contributed by atoms with Crippen LogP contribution in [0.15, 0.2) is 0 Å². The van der Waals surface area contributed by atoms with Gasteiger partial charge in [-0.3, -0.25) is 0 Å². The number of piperidine rings is 1. The number of halogens is 1. The maximum absolute atomic E-state index is 8.67. The van der Waals surface area contributed by atoms with Crippen LogP contribution in [0.4, 0.5) is 0 Å². The molecule has 1 fully saturated rings. The van der Waals surface area contributed by atoms with Crippen LogP contribution in [0.5, 0.6) is 0 Å². The molecular weight excluding hydrogens is 196 g/mol. The van der Waals surface area contributed by atoms with E-state index in [-0.39, 0.29) is 17.8 Å². The summed E-state index contributed by atoms with van der Waals surface area (Å²) in [5.74, 6) is 0.838. The molecule has 0 amide bonds. The molecule has 14 heavy (non-hydrogen) atoms. The standard InChI is InChI=1S/C11H20N2.ClH/c1-11(2,5-6-12)9-10-3-7-13-8-4-10;/h10,13H,3-5,7-9H2,1-2H3;1H. The lowest BCUT2D eigenvalue weighted by molar-refractivity contribution is 0.232. The molecule has 0 bridgehead atoms. The number of nitriles is 1. The summed E-state index contributed by atoms with van der Waals surface area (Å²) in [7, 11) is 0. The largest absolute Gasteiger partial charge is 0.317 e. The second kappa shape index (κ2) is 6.27. The van der Waals surface area contributed by atoms with Crippen molar-refractivity contribution in [3.05, 3.63) is 0 Å². The van der Waals surface area contributed by atoms with Gasteiger partial charge in [0.2, 0.25) is 0 Å². The van der Waals surface area contributed by atoms with Crippen molar-refractivity contribution in [1.29, 1.82) is 5.26 Å². The normalized spacial score (nSPS) is 18.4. The summed E-state index contributed by atoms with van der Waals surface area (Å²) < 4.78 is 0. The van der Waals surface area contributed by atoms with Crippen molar-refractivity contribution < 1.29 is 0 Å². The predicted octanol–water partition coefficient (Wildman–Crippen LogP) is 2.74. The summed E-state index contributed by atoms with van der Waals surface area (Å²) in [5.41, 5.74) is 0.219. The van der Waals surface area contributed by atoms with Crippen LogP contribution in [0, 0.1) is 22.7 Å². The zero-order chi connectivity index (χ0) is 9.73. The van der Waals surface area contributed by atoms with Crippen LogP contribution in [0.2, 0.25) is 0 Å². The molecule has 82 valence electrons. The second-order valence-electron chi connectivity index (χ2n) is 4.90. The van der Waals surface area contributed by atoms with Gasteiger partial charge in [0.25, 0.3) is 0 Å². The van der Waals surface area contributed by atoms with Crippen molar-refractivity contribution in [2.75, 3.05) is 13.1 Å². The average molecular weight is 217 g/mol. The van der Waals surface area contributed by atoms with E-state index in [9.17, 15) is 0 Å². The van der Waals surface area contributed by atoms with Gasteiger partial charge in [0.05, 0.1) is 6.07 Å². The number of hydrogen-bond donors (Lipinski definition) is 1. The lowest BCUT2D eigenvalue weighted by Gasteiger charge is -2.30. The molecule has 0 unspecified atom stereocenters. The van der Waals surface area contributed by atoms with E-state index in [2.05, 4.69) is 25.2 Å². The second-order valence-corrected chi connectivity index (χ2v) is 4.90. The van der Waals surface area contributed by atoms with Crippen molar-refractivity contribution in [3.8, 4) is 6.07 Å². The zero-order valence-electron chi connectivity index (χ0n) is 9.18. The van der Waals surface area contributed by atoms with E-state index in [0.29, 0.717) is 6.42 Å². The fraction of sp³-hybridized carbons (Fsp3) is 0.909. The molecule has 2 nitrogen and oxygen atoms in total. The van der Waals surface area contributed by atoms with Gasteiger partial charge in [-0.25, -0.2) is 0 Å². The highest BCUT2D eigenvalue weighted by Gasteiger charge is 2.24. The number of rotatable bonds is 3. The topological polar surface area (TPSA) is 35.8 Å². The lowest BCUT2D eigenvalue weighted by Crippen LogP contribution is -2.30. The molecule has 1 heterocycles. The molecule has 1 aliphatic rings. The predicted molar refractivity (Wildman–Crippen MR) is 61.5 cm³/mol. The average Bonchev–Trinajstić information content (AvgIpc) is 2.04. The third-order valence-electron chi connectivity index (χ3n) is 2.86. The minimum Gasteiger partial charge on any atom is -0.317 e. The Hall–Kier alpha value is -0.260. The Morgan fingerprint density at radius 1 is 1.36 bits per heavy atom. The zero-order valence-corrected chi connectivity index (χ0v) is 9.99. The molecule has 1 rings (SSSR count). The van der Waals surface area contributed by atoms with Crippen LogP contribution in [0.25, 0.3) is 0 Å². The molecule has 1 N–H and O–H groups in total. The van der Waals surface area contributed by atoms with Crippen LogP contribution in [-0.4, -0.2) is 13.1 Å². The molecule has 0 radical (unpaired) electrons. The SMILES string of the molecule is CC(C)(CC#N)CC1CCNCC1.Cl. The molecule has 0 aromatic rings. The minimum absolute atomic E-state index is 0. The third-order valence-corrected chi connectivity index (χ3v) is 2.86. The monoisotopic (exact) mass is 216 g/mol. The summed E-state index contributed by atoms with van der Waals surface area (Å²) in [5, 5.41) is 12.0. The Morgan fingerprint density at radius 2 is 1.93 bits per heavy atom. The Labute approximate surface area is 93.5 Å². The summed E-state index contributed by atoms with van der Waals surface area (Å²) in [6.45, 7) is 6.73. The van der Waals surface area contributed by atoms with Crippen molar-refractivity contribution in [2.45, 2.75) is 39.5 Å². The van der Waals surface area contributed by atoms with E-state index in [1.54, 1.807) is 0 Å². The number of nitrogens with zero attached hydrogens (tertiary/aromatic N) is 1. The van der Waals surface area contributed by atoms with Crippen molar-refractivity contribution >= 4 is 12.4 Å². The molecule has 0 aliphatic carbocycles. The molecule has 3 heteroatoms. The van der Waals surface area contributed by atoms with Gasteiger partial charge < -0.3 is 5.32 Å². The first-order valence-electron chi connectivity index (χ1n) is 5.22. The molecule has 0 atom stereocenters. The highest BCUT2D eigenvalue weighted by molar-refractivity contribution is 5.85. The van der Waals surface area contributed by atoms with E-state index in [1.165, 1.54) is 19.3 Å². The lowest BCUT2D eigenvalue weighted by atomic mass is 9.77. The fourth-order valence-electron chi connectivity index (χ4n) is 2.15. The van der Waals surface area contributed by atoms with Gasteiger partial charge in [-0.1, -0.05) is 13.8 Å². The Morgan fingerprint density at radius 3 is 2.43 bits per heavy atom. The van der Waals surface area contributed by atoms with Gasteiger partial charge in [-0.15, -0.1) is 12.4 Å². The van der Waals surface area contributed by atoms with E-state index < -0.39 is 0 Å². The summed E-state index contributed by atoms with van der Waals surface area (Å²) >= 11 is 0. The van der Waals surface area contributed by atoms with Crippen LogP contribution >= 0.6 is 12.4 Å². The quantitative estimate of drug-likeness (QED) is 0.788. The van der Waals surface area contributed by atoms with Crippen molar-refractivity contribution in [3.63, 3.8) is 0 Å². The third kappa shape index (κ3) is 4.83. The first kappa shape index (κ1) is 13.7. The summed E-state index contributed by atoms with van der Waals surface area (Å²) in [6.07, 6.45) is 4.48. The Bertz CT molecular complexity index is 190. The van der Waals surface area contributed by atoms with Gasteiger partial charge in [-0.05, 0) is 43.7 Å². The van der Waals surface area contributed by atoms with E-state index >= 15 is 0 Å². The van der Waals surface area contributed by atoms with Crippen molar-refractivity contribution in [1.82, 2.24) is 5.32 Å². The van der Waals surface area contributed by atoms with Gasteiger partial charge in [-0.2, -0.15) is 5.26 Å². The van der Waals surface area contributed by atoms with E-state index in [1.807, 2.05) is 0 Å². The van der Waals surface area contributed by atoms with Crippen LogP contribution in [0.3, 0.4) is 0 Å². The highest BCUT2D eigenvalue weighted by atomic mass is 35.5.